The maximum Gasteiger partial charge on any atom is 0.226 e. The van der Waals surface area contributed by atoms with Gasteiger partial charge < -0.3 is 14.5 Å². The third-order valence-electron chi connectivity index (χ3n) is 3.44. The molecule has 3 aromatic heterocycles. The Bertz CT molecular complexity index is 748. The summed E-state index contributed by atoms with van der Waals surface area (Å²) in [6, 6.07) is 3.35. The van der Waals surface area contributed by atoms with E-state index >= 15 is 0 Å². The van der Waals surface area contributed by atoms with Gasteiger partial charge in [0.1, 0.15) is 11.8 Å². The molecule has 0 fully saturated rings. The molecule has 3 aromatic rings. The molecule has 0 bridgehead atoms. The number of nitrogens with one attached hydrogen (secondary N) is 1. The van der Waals surface area contributed by atoms with Gasteiger partial charge in [-0.05, 0) is 18.1 Å². The van der Waals surface area contributed by atoms with Crippen molar-refractivity contribution < 1.29 is 13.9 Å². The van der Waals surface area contributed by atoms with Gasteiger partial charge in [0.2, 0.25) is 5.91 Å². The number of hydrogen-bond donors (Lipinski definition) is 1. The molecule has 0 saturated carbocycles. The zero-order chi connectivity index (χ0) is 16.9. The first kappa shape index (κ1) is 16.7. The highest BCUT2D eigenvalue weighted by Crippen LogP contribution is 2.16. The highest BCUT2D eigenvalue weighted by atomic mass is 32.1. The highest BCUT2D eigenvalue weighted by molar-refractivity contribution is 7.15. The van der Waals surface area contributed by atoms with Crippen LogP contribution in [0.2, 0.25) is 0 Å². The number of nitrogens with zero attached hydrogens (tertiary/aromatic N) is 2. The van der Waals surface area contributed by atoms with E-state index in [2.05, 4.69) is 24.1 Å². The lowest BCUT2D eigenvalue weighted by Gasteiger charge is -2.17. The first-order valence-corrected chi connectivity index (χ1v) is 8.81. The number of ether oxygens (including phenoxy) is 1. The molecule has 1 amide bonds. The fraction of sp³-hybridized carbons (Fsp3) is 0.412. The van der Waals surface area contributed by atoms with Crippen LogP contribution >= 0.6 is 11.3 Å². The number of aromatic nitrogens is 2. The van der Waals surface area contributed by atoms with Gasteiger partial charge in [0, 0.05) is 24.4 Å². The highest BCUT2D eigenvalue weighted by Gasteiger charge is 2.19. The van der Waals surface area contributed by atoms with E-state index in [0.717, 1.165) is 10.7 Å². The second-order valence-corrected chi connectivity index (χ2v) is 6.94. The number of amides is 1. The van der Waals surface area contributed by atoms with Gasteiger partial charge in [0.25, 0.3) is 0 Å². The van der Waals surface area contributed by atoms with E-state index in [1.807, 2.05) is 28.2 Å². The summed E-state index contributed by atoms with van der Waals surface area (Å²) in [5, 5.41) is 4.94. The van der Waals surface area contributed by atoms with Crippen LogP contribution in [0.5, 0.6) is 0 Å². The molecule has 0 saturated heterocycles. The lowest BCUT2D eigenvalue weighted by atomic mass is 10.2. The zero-order valence-corrected chi connectivity index (χ0v) is 14.6. The number of rotatable bonds is 8. The SMILES string of the molecule is CC(C)COCC(NC(=O)Cc1cn2ccsc2n1)c1ccco1. The fourth-order valence-electron chi connectivity index (χ4n) is 2.38. The zero-order valence-electron chi connectivity index (χ0n) is 13.8. The van der Waals surface area contributed by atoms with Crippen LogP contribution in [0.15, 0.2) is 40.6 Å². The molecule has 0 radical (unpaired) electrons. The molecular weight excluding hydrogens is 326 g/mol. The third kappa shape index (κ3) is 4.24. The number of imidazole rings is 1. The second-order valence-electron chi connectivity index (χ2n) is 6.07. The van der Waals surface area contributed by atoms with Crippen LogP contribution < -0.4 is 5.32 Å². The molecule has 24 heavy (non-hydrogen) atoms. The Balaban J connectivity index is 1.60. The van der Waals surface area contributed by atoms with Gasteiger partial charge in [0.05, 0.1) is 25.0 Å². The smallest absolute Gasteiger partial charge is 0.226 e. The summed E-state index contributed by atoms with van der Waals surface area (Å²) in [5.41, 5.74) is 0.751. The van der Waals surface area contributed by atoms with Gasteiger partial charge in [-0.25, -0.2) is 4.98 Å². The summed E-state index contributed by atoms with van der Waals surface area (Å²) in [6.45, 7) is 5.20. The molecule has 3 rings (SSSR count). The molecular formula is C17H21N3O3S. The summed E-state index contributed by atoms with van der Waals surface area (Å²) in [5.74, 6) is 1.03. The Labute approximate surface area is 144 Å². The maximum atomic E-state index is 12.4. The Morgan fingerprint density at radius 1 is 1.46 bits per heavy atom. The molecule has 1 atom stereocenters. The summed E-state index contributed by atoms with van der Waals surface area (Å²) in [7, 11) is 0. The predicted octanol–water partition coefficient (Wildman–Crippen LogP) is 3.06. The number of furan rings is 1. The number of carbonyl (C=O) groups excluding carboxylic acids is 1. The van der Waals surface area contributed by atoms with Crippen molar-refractivity contribution in [2.24, 2.45) is 5.92 Å². The van der Waals surface area contributed by atoms with Crippen LogP contribution in [-0.2, 0) is 16.0 Å². The van der Waals surface area contributed by atoms with Gasteiger partial charge in [-0.1, -0.05) is 13.8 Å². The van der Waals surface area contributed by atoms with Crippen molar-refractivity contribution in [1.82, 2.24) is 14.7 Å². The topological polar surface area (TPSA) is 68.8 Å². The summed E-state index contributed by atoms with van der Waals surface area (Å²) in [4.78, 5) is 17.7. The first-order valence-electron chi connectivity index (χ1n) is 7.93. The predicted molar refractivity (Wildman–Crippen MR) is 92.0 cm³/mol. The van der Waals surface area contributed by atoms with E-state index in [4.69, 9.17) is 9.15 Å². The molecule has 0 aliphatic rings. The van der Waals surface area contributed by atoms with Crippen LogP contribution in [0.1, 0.15) is 31.3 Å². The molecule has 0 aliphatic carbocycles. The Morgan fingerprint density at radius 3 is 3.04 bits per heavy atom. The van der Waals surface area contributed by atoms with E-state index in [0.29, 0.717) is 24.9 Å². The van der Waals surface area contributed by atoms with Crippen LogP contribution in [0.4, 0.5) is 0 Å². The minimum absolute atomic E-state index is 0.102. The van der Waals surface area contributed by atoms with Crippen LogP contribution in [0.25, 0.3) is 4.96 Å². The summed E-state index contributed by atoms with van der Waals surface area (Å²) >= 11 is 1.55. The van der Waals surface area contributed by atoms with Crippen molar-refractivity contribution in [1.29, 1.82) is 0 Å². The Hall–Kier alpha value is -2.12. The molecule has 1 unspecified atom stereocenters. The number of fused-ring (bicyclic) bond motifs is 1. The van der Waals surface area contributed by atoms with Crippen molar-refractivity contribution in [2.75, 3.05) is 13.2 Å². The van der Waals surface area contributed by atoms with Crippen molar-refractivity contribution in [3.63, 3.8) is 0 Å². The van der Waals surface area contributed by atoms with Gasteiger partial charge in [0.15, 0.2) is 4.96 Å². The second kappa shape index (κ2) is 7.63. The van der Waals surface area contributed by atoms with E-state index in [1.54, 1.807) is 23.7 Å². The number of carbonyl (C=O) groups is 1. The summed E-state index contributed by atoms with van der Waals surface area (Å²) in [6.07, 6.45) is 5.64. The average molecular weight is 347 g/mol. The normalized spacial score (nSPS) is 12.8. The van der Waals surface area contributed by atoms with Crippen molar-refractivity contribution in [3.05, 3.63) is 47.6 Å². The van der Waals surface area contributed by atoms with Crippen molar-refractivity contribution in [2.45, 2.75) is 26.3 Å². The van der Waals surface area contributed by atoms with E-state index in [-0.39, 0.29) is 18.4 Å². The van der Waals surface area contributed by atoms with Gasteiger partial charge >= 0.3 is 0 Å². The molecule has 7 heteroatoms. The van der Waals surface area contributed by atoms with Gasteiger partial charge in [-0.15, -0.1) is 11.3 Å². The van der Waals surface area contributed by atoms with Crippen molar-refractivity contribution >= 4 is 22.2 Å². The average Bonchev–Trinajstić information content (AvgIpc) is 3.22. The molecule has 1 N–H and O–H groups in total. The van der Waals surface area contributed by atoms with Crippen LogP contribution in [0, 0.1) is 5.92 Å². The first-order chi connectivity index (χ1) is 11.6. The molecule has 0 spiro atoms. The van der Waals surface area contributed by atoms with E-state index in [1.165, 1.54) is 0 Å². The lowest BCUT2D eigenvalue weighted by Crippen LogP contribution is -2.32. The minimum atomic E-state index is -0.296. The number of hydrogen-bond acceptors (Lipinski definition) is 5. The monoisotopic (exact) mass is 347 g/mol. The van der Waals surface area contributed by atoms with Gasteiger partial charge in [-0.3, -0.25) is 9.20 Å². The van der Waals surface area contributed by atoms with Gasteiger partial charge in [-0.2, -0.15) is 0 Å². The van der Waals surface area contributed by atoms with E-state index in [9.17, 15) is 4.79 Å². The third-order valence-corrected chi connectivity index (χ3v) is 4.21. The van der Waals surface area contributed by atoms with E-state index < -0.39 is 0 Å². The maximum absolute atomic E-state index is 12.4. The Kier molecular flexibility index (Phi) is 5.32. The molecule has 128 valence electrons. The molecule has 0 aliphatic heterocycles. The lowest BCUT2D eigenvalue weighted by molar-refractivity contribution is -0.121. The minimum Gasteiger partial charge on any atom is -0.467 e. The van der Waals surface area contributed by atoms with Crippen LogP contribution in [0.3, 0.4) is 0 Å². The largest absolute Gasteiger partial charge is 0.467 e. The Morgan fingerprint density at radius 2 is 2.33 bits per heavy atom. The van der Waals surface area contributed by atoms with Crippen LogP contribution in [-0.4, -0.2) is 28.5 Å². The molecule has 3 heterocycles. The standard InChI is InChI=1S/C17H21N3O3S/c1-12(2)10-22-11-14(15-4-3-6-23-15)19-16(21)8-13-9-20-5-7-24-17(20)18-13/h3-7,9,12,14H,8,10-11H2,1-2H3,(H,19,21). The quantitative estimate of drug-likeness (QED) is 0.680. The molecule has 6 nitrogen and oxygen atoms in total. The molecule has 0 aromatic carbocycles. The number of thiazole rings is 1. The fourth-order valence-corrected chi connectivity index (χ4v) is 3.10. The van der Waals surface area contributed by atoms with Crippen molar-refractivity contribution in [3.8, 4) is 0 Å². The summed E-state index contributed by atoms with van der Waals surface area (Å²) < 4.78 is 13.0.